The molecule has 0 N–H and O–H groups in total. The summed E-state index contributed by atoms with van der Waals surface area (Å²) in [5.41, 5.74) is 19.3. The maximum Gasteiger partial charge on any atom is 0.194 e. The van der Waals surface area contributed by atoms with Gasteiger partial charge in [-0.15, -0.1) is 34.0 Å². The normalized spacial score (nSPS) is 15.1. The molecule has 8 aromatic carbocycles. The first kappa shape index (κ1) is 60.8. The number of carbonyl (C=O) groups excluding carboxylic acids is 2. The third kappa shape index (κ3) is 8.83. The minimum atomic E-state index is -0.774. The molecule has 0 bridgehead atoms. The van der Waals surface area contributed by atoms with Gasteiger partial charge in [0.2, 0.25) is 0 Å². The van der Waals surface area contributed by atoms with E-state index >= 15 is 0 Å². The van der Waals surface area contributed by atoms with E-state index in [1.165, 1.54) is 138 Å². The van der Waals surface area contributed by atoms with Crippen LogP contribution in [0.15, 0.2) is 204 Å². The van der Waals surface area contributed by atoms with Crippen LogP contribution in [0.5, 0.6) is 0 Å². The second kappa shape index (κ2) is 22.6. The van der Waals surface area contributed by atoms with Crippen LogP contribution < -0.4 is 0 Å². The smallest absolute Gasteiger partial charge is 0.194 e. The summed E-state index contributed by atoms with van der Waals surface area (Å²) >= 11 is 11.2. The van der Waals surface area contributed by atoms with Gasteiger partial charge in [0.15, 0.2) is 30.9 Å². The number of ketones is 2. The van der Waals surface area contributed by atoms with Gasteiger partial charge in [-0.2, -0.15) is 21.0 Å². The molecule has 0 fully saturated rings. The molecular formula is C84H44N8O2S7. The second-order valence-corrected chi connectivity index (χ2v) is 32.9. The number of nitriles is 4. The number of rotatable bonds is 8. The highest BCUT2D eigenvalue weighted by atomic mass is 32.1. The van der Waals surface area contributed by atoms with Crippen molar-refractivity contribution >= 4 is 153 Å². The Morgan fingerprint density at radius 1 is 0.386 bits per heavy atom. The minimum absolute atomic E-state index is 0.117. The number of Topliss-reactive ketones (excluding diaryl/α,β-unsaturated/α-hetero) is 2. The molecule has 0 atom stereocenters. The number of aryl methyl sites for hydroxylation is 4. The van der Waals surface area contributed by atoms with E-state index in [4.69, 9.17) is 19.9 Å². The van der Waals surface area contributed by atoms with Gasteiger partial charge < -0.3 is 0 Å². The summed E-state index contributed by atoms with van der Waals surface area (Å²) in [5.74, 6) is -0.494. The van der Waals surface area contributed by atoms with E-state index in [0.717, 1.165) is 54.7 Å². The number of hydrogen-bond acceptors (Lipinski definition) is 17. The third-order valence-corrected chi connectivity index (χ3v) is 27.9. The lowest BCUT2D eigenvalue weighted by atomic mass is 9.65. The molecule has 7 aromatic heterocycles. The average molecular weight is 1420 g/mol. The van der Waals surface area contributed by atoms with Crippen LogP contribution >= 0.6 is 79.4 Å². The van der Waals surface area contributed by atoms with Crippen molar-refractivity contribution in [2.24, 2.45) is 0 Å². The van der Waals surface area contributed by atoms with E-state index in [0.29, 0.717) is 43.4 Å². The Hall–Kier alpha value is -11.3. The van der Waals surface area contributed by atoms with Crippen molar-refractivity contribution in [1.29, 1.82) is 21.0 Å². The summed E-state index contributed by atoms with van der Waals surface area (Å²) in [5, 5.41) is 43.9. The monoisotopic (exact) mass is 1420 g/mol. The largest absolute Gasteiger partial charge is 0.289 e. The van der Waals surface area contributed by atoms with Crippen LogP contribution in [0, 0.1) is 73.0 Å². The zero-order chi connectivity index (χ0) is 68.5. The van der Waals surface area contributed by atoms with Gasteiger partial charge in [-0.3, -0.25) is 9.59 Å². The predicted octanol–water partition coefficient (Wildman–Crippen LogP) is 21.8. The van der Waals surface area contributed by atoms with Crippen molar-refractivity contribution < 1.29 is 9.59 Å². The number of nitrogens with zero attached hydrogens (tertiary/aromatic N) is 8. The number of allylic oxidation sites excluding steroid dienone is 6. The van der Waals surface area contributed by atoms with Crippen molar-refractivity contribution in [1.82, 2.24) is 19.9 Å². The lowest BCUT2D eigenvalue weighted by Crippen LogP contribution is -2.30. The predicted molar refractivity (Wildman–Crippen MR) is 411 cm³/mol. The van der Waals surface area contributed by atoms with Gasteiger partial charge >= 0.3 is 0 Å². The van der Waals surface area contributed by atoms with E-state index < -0.39 is 10.8 Å². The molecule has 0 unspecified atom stereocenters. The Balaban J connectivity index is 0.782. The van der Waals surface area contributed by atoms with Crippen LogP contribution in [0.25, 0.3) is 103 Å². The van der Waals surface area contributed by atoms with E-state index in [1.807, 2.05) is 35.6 Å². The highest BCUT2D eigenvalue weighted by Gasteiger charge is 2.53. The lowest BCUT2D eigenvalue weighted by molar-refractivity contribution is 0.103. The third-order valence-electron chi connectivity index (χ3n) is 20.0. The molecule has 0 amide bonds. The van der Waals surface area contributed by atoms with Crippen molar-refractivity contribution in [2.75, 3.05) is 0 Å². The SMILES string of the molecule is Cc1ccc(C2(c3ccc(C)cc3)c3cc4c(cc3-c3cc5cc(-c6nc7sc(C=C8C(=O)c9ccccc9C8=C(C#N)C#N)nc7s6)sc5cc32)C(c2ccc(C)cc2)(c2ccc(C)cc2)c2c-4sc3cc(-c4nc5sc(C=C6C(=O)c7ccccc7C6=C(C#N)C#N)nc5s4)sc23)cc1. The van der Waals surface area contributed by atoms with Crippen molar-refractivity contribution in [3.05, 3.63) is 303 Å². The molecule has 4 aliphatic carbocycles. The summed E-state index contributed by atoms with van der Waals surface area (Å²) < 4.78 is 3.51. The number of benzene rings is 8. The summed E-state index contributed by atoms with van der Waals surface area (Å²) in [6.07, 6.45) is 3.40. The second-order valence-electron chi connectivity index (χ2n) is 25.7. The molecule has 4 aliphatic rings. The Labute approximate surface area is 606 Å². The van der Waals surface area contributed by atoms with Crippen molar-refractivity contribution in [3.8, 4) is 65.6 Å². The maximum atomic E-state index is 13.9. The fourth-order valence-electron chi connectivity index (χ4n) is 15.5. The number of aromatic nitrogens is 4. The fourth-order valence-corrected chi connectivity index (χ4v) is 23.5. The molecule has 7 heterocycles. The van der Waals surface area contributed by atoms with E-state index in [1.54, 1.807) is 83.4 Å². The Morgan fingerprint density at radius 3 is 1.26 bits per heavy atom. The highest BCUT2D eigenvalue weighted by molar-refractivity contribution is 7.34. The Morgan fingerprint density at radius 2 is 0.792 bits per heavy atom. The summed E-state index contributed by atoms with van der Waals surface area (Å²) in [4.78, 5) is 54.5. The fraction of sp³-hybridized carbons (Fsp3) is 0.0714. The average Bonchev–Trinajstić information content (AvgIpc) is 1.50. The number of thiophene rings is 3. The van der Waals surface area contributed by atoms with E-state index in [2.05, 4.69) is 161 Å². The first-order valence-corrected chi connectivity index (χ1v) is 38.0. The Bertz CT molecular complexity index is 6400. The van der Waals surface area contributed by atoms with Crippen molar-refractivity contribution in [3.63, 3.8) is 0 Å². The highest BCUT2D eigenvalue weighted by Crippen LogP contribution is 2.67. The minimum Gasteiger partial charge on any atom is -0.289 e. The molecule has 0 radical (unpaired) electrons. The molecule has 0 aliphatic heterocycles. The molecule has 10 nitrogen and oxygen atoms in total. The van der Waals surface area contributed by atoms with Crippen LogP contribution in [-0.2, 0) is 10.8 Å². The zero-order valence-electron chi connectivity index (χ0n) is 53.7. The molecule has 474 valence electrons. The van der Waals surface area contributed by atoms with Crippen LogP contribution in [-0.4, -0.2) is 31.5 Å². The quantitative estimate of drug-likeness (QED) is 0.105. The molecule has 15 aromatic rings. The van der Waals surface area contributed by atoms with Gasteiger partial charge in [0, 0.05) is 53.3 Å². The van der Waals surface area contributed by atoms with Crippen molar-refractivity contribution in [2.45, 2.75) is 38.5 Å². The van der Waals surface area contributed by atoms with Crippen LogP contribution in [0.2, 0.25) is 0 Å². The van der Waals surface area contributed by atoms with E-state index in [-0.39, 0.29) is 33.9 Å². The number of hydrogen-bond donors (Lipinski definition) is 0. The lowest BCUT2D eigenvalue weighted by Gasteiger charge is -2.35. The van der Waals surface area contributed by atoms with Crippen LogP contribution in [0.3, 0.4) is 0 Å². The molecule has 19 rings (SSSR count). The maximum absolute atomic E-state index is 13.9. The molecule has 0 saturated heterocycles. The standard InChI is InChI=1S/C84H44N8O2S7/c1-41-13-21-48(22-14-41)83(49-23-15-42(2)16-24-49)61-32-58-62(31-57(61)56-29-45-30-66(95-64(45)35-63(56)83)77-91-81-79(100-77)89-68(98-81)33-59-70(46(37-85)38-86)52-9-5-7-11-54(52)73(59)93)84(50-25-17-43(3)18-26-50,51-27-19-44(4)20-28-51)72-75(58)96-65-36-67(97-76(65)72)78-92-82-80(101-78)90-69(99-82)34-60-71(47(39-87)40-88)53-10-6-8-12-55(53)74(60)94/h5-36H,1-4H3. The molecule has 101 heavy (non-hydrogen) atoms. The van der Waals surface area contributed by atoms with E-state index in [9.17, 15) is 30.6 Å². The Kier molecular flexibility index (Phi) is 13.6. The van der Waals surface area contributed by atoms with Gasteiger partial charge in [0.25, 0.3) is 0 Å². The number of fused-ring (bicyclic) bond motifs is 13. The molecule has 0 spiro atoms. The molecule has 17 heteroatoms. The van der Waals surface area contributed by atoms with Gasteiger partial charge in [0.1, 0.15) is 55.5 Å². The zero-order valence-corrected chi connectivity index (χ0v) is 59.4. The summed E-state index contributed by atoms with van der Waals surface area (Å²) in [6, 6.07) is 73.4. The number of carbonyl (C=O) groups is 2. The van der Waals surface area contributed by atoms with Gasteiger partial charge in [-0.1, -0.05) is 213 Å². The topological polar surface area (TPSA) is 181 Å². The van der Waals surface area contributed by atoms with Gasteiger partial charge in [-0.05, 0) is 148 Å². The molecular weight excluding hydrogens is 1380 g/mol. The molecule has 0 saturated carbocycles. The number of thiazole rings is 4. The first-order chi connectivity index (χ1) is 49.2. The van der Waals surface area contributed by atoms with Gasteiger partial charge in [0.05, 0.1) is 25.3 Å². The van der Waals surface area contributed by atoms with Crippen LogP contribution in [0.1, 0.15) is 109 Å². The van der Waals surface area contributed by atoms with Crippen LogP contribution in [0.4, 0.5) is 0 Å². The first-order valence-electron chi connectivity index (χ1n) is 32.3. The summed E-state index contributed by atoms with van der Waals surface area (Å²) in [6.45, 7) is 8.60. The van der Waals surface area contributed by atoms with Gasteiger partial charge in [-0.25, -0.2) is 19.9 Å². The summed E-state index contributed by atoms with van der Waals surface area (Å²) in [7, 11) is 0.